The van der Waals surface area contributed by atoms with E-state index in [0.717, 1.165) is 16.7 Å². The Morgan fingerprint density at radius 1 is 1.13 bits per heavy atom. The molecular weight excluding hydrogens is 406 g/mol. The van der Waals surface area contributed by atoms with Gasteiger partial charge in [-0.3, -0.25) is 14.2 Å². The second kappa shape index (κ2) is 7.82. The number of esters is 1. The molecule has 0 aliphatic carbocycles. The number of aryl methyl sites for hydroxylation is 2. The van der Waals surface area contributed by atoms with Gasteiger partial charge in [0.2, 0.25) is 5.95 Å². The Labute approximate surface area is 177 Å². The lowest BCUT2D eigenvalue weighted by molar-refractivity contribution is -0.141. The van der Waals surface area contributed by atoms with Gasteiger partial charge in [0.25, 0.3) is 5.56 Å². The maximum Gasteiger partial charge on any atom is 0.333 e. The summed E-state index contributed by atoms with van der Waals surface area (Å²) in [6.07, 6.45) is 0.734. The van der Waals surface area contributed by atoms with Crippen LogP contribution in [0, 0.1) is 0 Å². The number of nitrogens with zero attached hydrogens (tertiary/aromatic N) is 5. The Hall–Kier alpha value is -3.76. The third-order valence-electron chi connectivity index (χ3n) is 5.41. The molecule has 31 heavy (non-hydrogen) atoms. The van der Waals surface area contributed by atoms with Crippen LogP contribution < -0.4 is 25.6 Å². The van der Waals surface area contributed by atoms with Gasteiger partial charge in [-0.1, -0.05) is 0 Å². The predicted octanol–water partition coefficient (Wildman–Crippen LogP) is 0.629. The summed E-state index contributed by atoms with van der Waals surface area (Å²) < 4.78 is 19.4. The Balaban J connectivity index is 1.96. The monoisotopic (exact) mass is 429 g/mol. The number of methoxy groups -OCH3 is 3. The first-order chi connectivity index (χ1) is 14.9. The van der Waals surface area contributed by atoms with E-state index >= 15 is 0 Å². The van der Waals surface area contributed by atoms with Crippen LogP contribution in [0.15, 0.2) is 27.8 Å². The van der Waals surface area contributed by atoms with Crippen molar-refractivity contribution in [2.24, 2.45) is 7.05 Å². The third kappa shape index (κ3) is 3.22. The molecule has 0 amide bonds. The number of imidazole rings is 1. The van der Waals surface area contributed by atoms with Crippen LogP contribution in [0.4, 0.5) is 11.6 Å². The van der Waals surface area contributed by atoms with Gasteiger partial charge in [-0.05, 0) is 18.6 Å². The minimum atomic E-state index is -0.681. The van der Waals surface area contributed by atoms with E-state index in [-0.39, 0.29) is 11.2 Å². The van der Waals surface area contributed by atoms with Crippen LogP contribution in [0.2, 0.25) is 0 Å². The summed E-state index contributed by atoms with van der Waals surface area (Å²) in [5.74, 6) is 1.10. The predicted molar refractivity (Wildman–Crippen MR) is 112 cm³/mol. The van der Waals surface area contributed by atoms with E-state index in [1.807, 2.05) is 11.0 Å². The lowest BCUT2D eigenvalue weighted by Crippen LogP contribution is -2.41. The largest absolute Gasteiger partial charge is 0.497 e. The molecule has 0 saturated heterocycles. The van der Waals surface area contributed by atoms with Crippen LogP contribution in [0.3, 0.4) is 0 Å². The van der Waals surface area contributed by atoms with Gasteiger partial charge in [-0.2, -0.15) is 4.98 Å². The highest BCUT2D eigenvalue weighted by molar-refractivity contribution is 5.79. The number of aromatic nitrogens is 4. The number of ether oxygens (including phenoxy) is 3. The normalized spacial score (nSPS) is 13.2. The van der Waals surface area contributed by atoms with Crippen molar-refractivity contribution in [1.82, 2.24) is 18.7 Å². The van der Waals surface area contributed by atoms with Crippen LogP contribution >= 0.6 is 0 Å². The van der Waals surface area contributed by atoms with Gasteiger partial charge >= 0.3 is 11.7 Å². The number of hydrogen-bond acceptors (Lipinski definition) is 8. The Morgan fingerprint density at radius 3 is 2.58 bits per heavy atom. The average molecular weight is 429 g/mol. The van der Waals surface area contributed by atoms with Gasteiger partial charge in [0.1, 0.15) is 18.0 Å². The quantitative estimate of drug-likeness (QED) is 0.543. The minimum Gasteiger partial charge on any atom is -0.497 e. The smallest absolute Gasteiger partial charge is 0.333 e. The highest BCUT2D eigenvalue weighted by atomic mass is 16.5. The SMILES string of the molecule is COC(=O)Cn1c(=O)c2c(nc3n2CCCN3c2cc(OC)ccc2OC)n(C)c1=O. The first kappa shape index (κ1) is 20.5. The second-order valence-electron chi connectivity index (χ2n) is 7.09. The van der Waals surface area contributed by atoms with Gasteiger partial charge in [-0.15, -0.1) is 0 Å². The number of fused-ring (bicyclic) bond motifs is 3. The summed E-state index contributed by atoms with van der Waals surface area (Å²) in [4.78, 5) is 44.2. The number of carbonyl (C=O) groups excluding carboxylic acids is 1. The molecule has 0 spiro atoms. The van der Waals surface area contributed by atoms with Crippen molar-refractivity contribution in [3.63, 3.8) is 0 Å². The fourth-order valence-corrected chi connectivity index (χ4v) is 3.83. The number of anilines is 2. The molecule has 4 rings (SSSR count). The summed E-state index contributed by atoms with van der Waals surface area (Å²) >= 11 is 0. The van der Waals surface area contributed by atoms with Crippen LogP contribution in [0.5, 0.6) is 11.5 Å². The summed E-state index contributed by atoms with van der Waals surface area (Å²) in [7, 11) is 5.88. The van der Waals surface area contributed by atoms with Crippen molar-refractivity contribution >= 4 is 28.8 Å². The molecule has 0 bridgehead atoms. The topological polar surface area (TPSA) is 110 Å². The van der Waals surface area contributed by atoms with Crippen molar-refractivity contribution in [3.05, 3.63) is 39.0 Å². The van der Waals surface area contributed by atoms with Gasteiger partial charge in [0.15, 0.2) is 11.2 Å². The zero-order valence-corrected chi connectivity index (χ0v) is 17.7. The molecule has 11 heteroatoms. The third-order valence-corrected chi connectivity index (χ3v) is 5.41. The highest BCUT2D eigenvalue weighted by Crippen LogP contribution is 2.38. The number of hydrogen-bond donors (Lipinski definition) is 0. The van der Waals surface area contributed by atoms with Gasteiger partial charge in [-0.25, -0.2) is 9.36 Å². The average Bonchev–Trinajstić information content (AvgIpc) is 3.19. The maximum absolute atomic E-state index is 13.2. The zero-order chi connectivity index (χ0) is 22.3. The molecule has 2 aromatic heterocycles. The number of benzene rings is 1. The van der Waals surface area contributed by atoms with E-state index in [2.05, 4.69) is 9.72 Å². The second-order valence-corrected chi connectivity index (χ2v) is 7.09. The van der Waals surface area contributed by atoms with Crippen LogP contribution in [0.25, 0.3) is 11.2 Å². The van der Waals surface area contributed by atoms with E-state index in [9.17, 15) is 14.4 Å². The van der Waals surface area contributed by atoms with Crippen molar-refractivity contribution in [1.29, 1.82) is 0 Å². The van der Waals surface area contributed by atoms with Crippen molar-refractivity contribution in [2.75, 3.05) is 32.8 Å². The minimum absolute atomic E-state index is 0.250. The maximum atomic E-state index is 13.2. The zero-order valence-electron chi connectivity index (χ0n) is 17.7. The molecule has 1 aliphatic rings. The van der Waals surface area contributed by atoms with E-state index in [1.54, 1.807) is 30.9 Å². The first-order valence-corrected chi connectivity index (χ1v) is 9.67. The van der Waals surface area contributed by atoms with Gasteiger partial charge in [0, 0.05) is 26.2 Å². The van der Waals surface area contributed by atoms with Crippen LogP contribution in [-0.4, -0.2) is 52.5 Å². The molecular formula is C20H23N5O6. The van der Waals surface area contributed by atoms with Gasteiger partial charge < -0.3 is 23.7 Å². The molecule has 3 heterocycles. The van der Waals surface area contributed by atoms with Crippen molar-refractivity contribution in [3.8, 4) is 11.5 Å². The first-order valence-electron chi connectivity index (χ1n) is 9.67. The molecule has 0 fully saturated rings. The van der Waals surface area contributed by atoms with E-state index in [1.165, 1.54) is 18.7 Å². The van der Waals surface area contributed by atoms with E-state index in [0.29, 0.717) is 30.5 Å². The molecule has 3 aromatic rings. The van der Waals surface area contributed by atoms with Crippen molar-refractivity contribution in [2.45, 2.75) is 19.5 Å². The number of rotatable bonds is 5. The fraction of sp³-hybridized carbons (Fsp3) is 0.400. The number of carbonyl (C=O) groups is 1. The van der Waals surface area contributed by atoms with Crippen LogP contribution in [-0.2, 0) is 29.7 Å². The Bertz CT molecular complexity index is 1290. The Morgan fingerprint density at radius 2 is 1.90 bits per heavy atom. The summed E-state index contributed by atoms with van der Waals surface area (Å²) in [5, 5.41) is 0. The summed E-state index contributed by atoms with van der Waals surface area (Å²) in [5.41, 5.74) is 0.0241. The molecule has 164 valence electrons. The lowest BCUT2D eigenvalue weighted by Gasteiger charge is -2.30. The summed E-state index contributed by atoms with van der Waals surface area (Å²) in [6, 6.07) is 5.43. The van der Waals surface area contributed by atoms with E-state index < -0.39 is 23.8 Å². The molecule has 0 saturated carbocycles. The fourth-order valence-electron chi connectivity index (χ4n) is 3.83. The van der Waals surface area contributed by atoms with Crippen molar-refractivity contribution < 1.29 is 19.0 Å². The lowest BCUT2D eigenvalue weighted by atomic mass is 10.2. The molecule has 0 radical (unpaired) electrons. The standard InChI is InChI=1S/C20H23N5O6/c1-22-17-16(18(27)25(20(22)28)11-15(26)31-4)24-9-5-8-23(19(24)21-17)13-10-12(29-2)6-7-14(13)30-3/h6-7,10H,5,8-9,11H2,1-4H3. The molecule has 0 atom stereocenters. The molecule has 1 aliphatic heterocycles. The molecule has 0 N–H and O–H groups in total. The van der Waals surface area contributed by atoms with Crippen LogP contribution in [0.1, 0.15) is 6.42 Å². The molecule has 11 nitrogen and oxygen atoms in total. The molecule has 0 unspecified atom stereocenters. The highest BCUT2D eigenvalue weighted by Gasteiger charge is 2.29. The van der Waals surface area contributed by atoms with Gasteiger partial charge in [0.05, 0.1) is 27.0 Å². The van der Waals surface area contributed by atoms with E-state index in [4.69, 9.17) is 9.47 Å². The summed E-state index contributed by atoms with van der Waals surface area (Å²) in [6.45, 7) is 0.712. The Kier molecular flexibility index (Phi) is 5.17. The molecule has 1 aromatic carbocycles.